The Kier molecular flexibility index (Phi) is 4.17. The van der Waals surface area contributed by atoms with Crippen LogP contribution in [0.1, 0.15) is 67.3 Å². The quantitative estimate of drug-likeness (QED) is 0.873. The summed E-state index contributed by atoms with van der Waals surface area (Å²) in [6, 6.07) is 1.98. The number of H-pyrrole nitrogens is 1. The van der Waals surface area contributed by atoms with E-state index in [9.17, 15) is 14.9 Å². The number of nitrogens with zero attached hydrogens (tertiary/aromatic N) is 1. The van der Waals surface area contributed by atoms with Gasteiger partial charge in [-0.25, -0.2) is 0 Å². The summed E-state index contributed by atoms with van der Waals surface area (Å²) in [6.45, 7) is 3.63. The van der Waals surface area contributed by atoms with Crippen molar-refractivity contribution in [3.8, 4) is 6.07 Å². The molecule has 2 N–H and O–H groups in total. The van der Waals surface area contributed by atoms with Crippen molar-refractivity contribution in [1.82, 2.24) is 10.3 Å². The largest absolute Gasteiger partial charge is 0.351 e. The molecule has 0 saturated heterocycles. The molecular weight excluding hydrogens is 326 g/mol. The van der Waals surface area contributed by atoms with Gasteiger partial charge in [-0.2, -0.15) is 5.26 Å². The molecule has 4 bridgehead atoms. The second kappa shape index (κ2) is 6.26. The maximum Gasteiger partial charge on any atom is 0.266 e. The lowest BCUT2D eigenvalue weighted by Gasteiger charge is -2.56. The molecular formula is C21H27N3O2. The predicted molar refractivity (Wildman–Crippen MR) is 98.6 cm³/mol. The van der Waals surface area contributed by atoms with E-state index in [4.69, 9.17) is 0 Å². The van der Waals surface area contributed by atoms with Crippen molar-refractivity contribution in [2.45, 2.75) is 70.8 Å². The smallest absolute Gasteiger partial charge is 0.266 e. The highest BCUT2D eigenvalue weighted by atomic mass is 16.1. The maximum atomic E-state index is 12.7. The van der Waals surface area contributed by atoms with Gasteiger partial charge in [-0.1, -0.05) is 0 Å². The number of carbonyl (C=O) groups excluding carboxylic acids is 1. The van der Waals surface area contributed by atoms with Gasteiger partial charge in [-0.15, -0.1) is 0 Å². The average Bonchev–Trinajstić information content (AvgIpc) is 2.52. The highest BCUT2D eigenvalue weighted by Gasteiger charge is 2.51. The Bertz CT molecular complexity index is 811. The number of amides is 1. The van der Waals surface area contributed by atoms with Gasteiger partial charge in [0.25, 0.3) is 5.56 Å². The molecule has 0 aliphatic heterocycles. The number of hydrogen-bond donors (Lipinski definition) is 2. The monoisotopic (exact) mass is 353 g/mol. The van der Waals surface area contributed by atoms with Crippen molar-refractivity contribution < 1.29 is 4.79 Å². The lowest BCUT2D eigenvalue weighted by atomic mass is 9.53. The standard InChI is InChI=1S/C21H27N3O2/c1-12-17(13(2)23-20(26)18(12)11-22)3-4-19(25)24-21-8-14-5-15(9-21)7-16(6-14)10-21/h14-16H,3-10H2,1-2H3,(H,23,26)(H,24,25). The Hall–Kier alpha value is -2.09. The second-order valence-corrected chi connectivity index (χ2v) is 8.92. The first-order chi connectivity index (χ1) is 12.4. The van der Waals surface area contributed by atoms with Gasteiger partial charge in [0.2, 0.25) is 5.91 Å². The van der Waals surface area contributed by atoms with Crippen molar-refractivity contribution in [2.24, 2.45) is 17.8 Å². The molecule has 1 aromatic rings. The number of aromatic amines is 1. The van der Waals surface area contributed by atoms with Gasteiger partial charge < -0.3 is 10.3 Å². The highest BCUT2D eigenvalue weighted by Crippen LogP contribution is 2.55. The van der Waals surface area contributed by atoms with Crippen LogP contribution in [0.25, 0.3) is 0 Å². The second-order valence-electron chi connectivity index (χ2n) is 8.92. The van der Waals surface area contributed by atoms with E-state index in [0.717, 1.165) is 48.3 Å². The van der Waals surface area contributed by atoms with E-state index in [2.05, 4.69) is 10.3 Å². The van der Waals surface area contributed by atoms with Crippen molar-refractivity contribution >= 4 is 5.91 Å². The first kappa shape index (κ1) is 17.3. The maximum absolute atomic E-state index is 12.7. The number of nitrogens with one attached hydrogen (secondary N) is 2. The molecule has 4 aliphatic rings. The van der Waals surface area contributed by atoms with Crippen LogP contribution in [0.5, 0.6) is 0 Å². The number of nitriles is 1. The molecule has 1 amide bonds. The Morgan fingerprint density at radius 3 is 2.31 bits per heavy atom. The van der Waals surface area contributed by atoms with Crippen LogP contribution in [0.4, 0.5) is 0 Å². The van der Waals surface area contributed by atoms with Gasteiger partial charge in [0, 0.05) is 17.7 Å². The van der Waals surface area contributed by atoms with E-state index in [-0.39, 0.29) is 22.6 Å². The first-order valence-electron chi connectivity index (χ1n) is 9.82. The van der Waals surface area contributed by atoms with Crippen LogP contribution in [0, 0.1) is 42.9 Å². The van der Waals surface area contributed by atoms with Crippen LogP contribution in [-0.4, -0.2) is 16.4 Å². The van der Waals surface area contributed by atoms with Crippen LogP contribution in [0.2, 0.25) is 0 Å². The topological polar surface area (TPSA) is 85.8 Å². The van der Waals surface area contributed by atoms with E-state index < -0.39 is 0 Å². The third-order valence-corrected chi connectivity index (χ3v) is 6.97. The third-order valence-electron chi connectivity index (χ3n) is 6.97. The van der Waals surface area contributed by atoms with E-state index >= 15 is 0 Å². The van der Waals surface area contributed by atoms with Crippen LogP contribution >= 0.6 is 0 Å². The number of hydrogen-bond acceptors (Lipinski definition) is 3. The molecule has 1 heterocycles. The molecule has 5 nitrogen and oxygen atoms in total. The van der Waals surface area contributed by atoms with Crippen molar-refractivity contribution in [3.05, 3.63) is 32.7 Å². The fourth-order valence-corrected chi connectivity index (χ4v) is 6.28. The Morgan fingerprint density at radius 2 is 1.77 bits per heavy atom. The van der Waals surface area contributed by atoms with Gasteiger partial charge in [-0.05, 0) is 87.7 Å². The fraction of sp³-hybridized carbons (Fsp3) is 0.667. The zero-order valence-corrected chi connectivity index (χ0v) is 15.7. The van der Waals surface area contributed by atoms with E-state index in [1.54, 1.807) is 6.92 Å². The molecule has 138 valence electrons. The molecule has 0 aromatic carbocycles. The lowest BCUT2D eigenvalue weighted by Crippen LogP contribution is -2.59. The number of carbonyl (C=O) groups is 1. The summed E-state index contributed by atoms with van der Waals surface area (Å²) in [5.41, 5.74) is 2.24. The summed E-state index contributed by atoms with van der Waals surface area (Å²) >= 11 is 0. The van der Waals surface area contributed by atoms with E-state index in [1.807, 2.05) is 13.0 Å². The Morgan fingerprint density at radius 1 is 1.19 bits per heavy atom. The number of aromatic nitrogens is 1. The molecule has 4 aliphatic carbocycles. The minimum atomic E-state index is -0.343. The van der Waals surface area contributed by atoms with Crippen molar-refractivity contribution in [3.63, 3.8) is 0 Å². The number of rotatable bonds is 4. The molecule has 26 heavy (non-hydrogen) atoms. The lowest BCUT2D eigenvalue weighted by molar-refractivity contribution is -0.126. The van der Waals surface area contributed by atoms with E-state index in [0.29, 0.717) is 18.4 Å². The van der Waals surface area contributed by atoms with E-state index in [1.165, 1.54) is 19.3 Å². The zero-order valence-electron chi connectivity index (χ0n) is 15.7. The SMILES string of the molecule is Cc1[nH]c(=O)c(C#N)c(C)c1CCC(=O)NC12CC3CC(CC(C3)C1)C2. The summed E-state index contributed by atoms with van der Waals surface area (Å²) in [6.07, 6.45) is 8.51. The summed E-state index contributed by atoms with van der Waals surface area (Å²) in [7, 11) is 0. The summed E-state index contributed by atoms with van der Waals surface area (Å²) in [4.78, 5) is 27.3. The summed E-state index contributed by atoms with van der Waals surface area (Å²) < 4.78 is 0. The molecule has 0 radical (unpaired) electrons. The molecule has 0 unspecified atom stereocenters. The Balaban J connectivity index is 1.44. The molecule has 0 spiro atoms. The fourth-order valence-electron chi connectivity index (χ4n) is 6.28. The first-order valence-corrected chi connectivity index (χ1v) is 9.82. The molecule has 5 heteroatoms. The molecule has 1 aromatic heterocycles. The van der Waals surface area contributed by atoms with Gasteiger partial charge >= 0.3 is 0 Å². The number of aryl methyl sites for hydroxylation is 1. The summed E-state index contributed by atoms with van der Waals surface area (Å²) in [5.74, 6) is 2.53. The normalized spacial score (nSPS) is 31.7. The molecule has 0 atom stereocenters. The Labute approximate surface area is 154 Å². The van der Waals surface area contributed by atoms with Crippen LogP contribution in [0.15, 0.2) is 4.79 Å². The molecule has 5 rings (SSSR count). The minimum Gasteiger partial charge on any atom is -0.351 e. The highest BCUT2D eigenvalue weighted by molar-refractivity contribution is 5.77. The van der Waals surface area contributed by atoms with Gasteiger partial charge in [0.1, 0.15) is 11.6 Å². The third kappa shape index (κ3) is 2.96. The number of pyridine rings is 1. The zero-order chi connectivity index (χ0) is 18.5. The van der Waals surface area contributed by atoms with Gasteiger partial charge in [0.15, 0.2) is 0 Å². The average molecular weight is 353 g/mol. The van der Waals surface area contributed by atoms with Crippen LogP contribution in [-0.2, 0) is 11.2 Å². The van der Waals surface area contributed by atoms with Gasteiger partial charge in [-0.3, -0.25) is 9.59 Å². The van der Waals surface area contributed by atoms with Crippen molar-refractivity contribution in [2.75, 3.05) is 0 Å². The van der Waals surface area contributed by atoms with Gasteiger partial charge in [0.05, 0.1) is 0 Å². The summed E-state index contributed by atoms with van der Waals surface area (Å²) in [5, 5.41) is 12.6. The minimum absolute atomic E-state index is 0.0404. The van der Waals surface area contributed by atoms with Crippen molar-refractivity contribution in [1.29, 1.82) is 5.26 Å². The predicted octanol–water partition coefficient (Wildman–Crippen LogP) is 2.88. The molecule has 4 fully saturated rings. The van der Waals surface area contributed by atoms with Crippen LogP contribution in [0.3, 0.4) is 0 Å². The molecule has 4 saturated carbocycles. The van der Waals surface area contributed by atoms with Crippen LogP contribution < -0.4 is 10.9 Å².